The van der Waals surface area contributed by atoms with Crippen LogP contribution >= 0.6 is 22.6 Å². The van der Waals surface area contributed by atoms with Crippen LogP contribution in [0.1, 0.15) is 6.42 Å². The van der Waals surface area contributed by atoms with Gasteiger partial charge in [-0.1, -0.05) is 5.11 Å². The van der Waals surface area contributed by atoms with Gasteiger partial charge in [-0.25, -0.2) is 4.39 Å². The molecule has 7 heteroatoms. The molecule has 5 nitrogen and oxygen atoms in total. The van der Waals surface area contributed by atoms with Gasteiger partial charge in [-0.05, 0) is 52.2 Å². The minimum Gasteiger partial charge on any atom is -0.312 e. The highest BCUT2D eigenvalue weighted by molar-refractivity contribution is 14.1. The Morgan fingerprint density at radius 2 is 2.39 bits per heavy atom. The summed E-state index contributed by atoms with van der Waals surface area (Å²) in [6.45, 7) is 0.767. The molecule has 1 amide bonds. The molecule has 1 unspecified atom stereocenters. The van der Waals surface area contributed by atoms with Crippen molar-refractivity contribution in [3.63, 3.8) is 0 Å². The first-order chi connectivity index (χ1) is 8.61. The molecule has 1 aromatic carbocycles. The zero-order valence-electron chi connectivity index (χ0n) is 9.38. The summed E-state index contributed by atoms with van der Waals surface area (Å²) in [7, 11) is 0. The maximum absolute atomic E-state index is 13.4. The van der Waals surface area contributed by atoms with Crippen molar-refractivity contribution in [2.24, 2.45) is 11.0 Å². The molecule has 0 spiro atoms. The van der Waals surface area contributed by atoms with E-state index in [1.165, 1.54) is 11.0 Å². The first-order valence-electron chi connectivity index (χ1n) is 5.38. The van der Waals surface area contributed by atoms with Gasteiger partial charge in [-0.2, -0.15) is 0 Å². The van der Waals surface area contributed by atoms with Gasteiger partial charge in [0.1, 0.15) is 5.82 Å². The average Bonchev–Trinajstić information content (AvgIpc) is 2.71. The molecule has 1 aliphatic rings. The molecular weight excluding hydrogens is 350 g/mol. The minimum atomic E-state index is -0.334. The van der Waals surface area contributed by atoms with E-state index in [0.29, 0.717) is 28.8 Å². The molecule has 0 aliphatic carbocycles. The van der Waals surface area contributed by atoms with Crippen LogP contribution in [0.3, 0.4) is 0 Å². The summed E-state index contributed by atoms with van der Waals surface area (Å²) in [6.07, 6.45) is 0.340. The van der Waals surface area contributed by atoms with E-state index in [1.54, 1.807) is 12.1 Å². The fourth-order valence-corrected chi connectivity index (χ4v) is 2.29. The Kier molecular flexibility index (Phi) is 4.03. The molecule has 1 atom stereocenters. The topological polar surface area (TPSA) is 69.1 Å². The van der Waals surface area contributed by atoms with Crippen molar-refractivity contribution < 1.29 is 9.18 Å². The lowest BCUT2D eigenvalue weighted by Gasteiger charge is -2.16. The van der Waals surface area contributed by atoms with Crippen molar-refractivity contribution in [2.45, 2.75) is 6.42 Å². The van der Waals surface area contributed by atoms with Crippen LogP contribution in [0.2, 0.25) is 0 Å². The maximum atomic E-state index is 13.4. The molecule has 0 N–H and O–H groups in total. The van der Waals surface area contributed by atoms with Crippen molar-refractivity contribution in [3.8, 4) is 0 Å². The second kappa shape index (κ2) is 5.53. The Bertz CT molecular complexity index is 530. The van der Waals surface area contributed by atoms with Crippen molar-refractivity contribution >= 4 is 34.2 Å². The lowest BCUT2D eigenvalue weighted by molar-refractivity contribution is -0.117. The van der Waals surface area contributed by atoms with E-state index in [1.807, 2.05) is 22.6 Å². The van der Waals surface area contributed by atoms with E-state index >= 15 is 0 Å². The summed E-state index contributed by atoms with van der Waals surface area (Å²) in [5, 5.41) is 3.47. The normalized spacial score (nSPS) is 18.9. The molecule has 94 valence electrons. The molecule has 0 bridgehead atoms. The van der Waals surface area contributed by atoms with Gasteiger partial charge < -0.3 is 4.90 Å². The first-order valence-corrected chi connectivity index (χ1v) is 6.46. The molecule has 2 rings (SSSR count). The van der Waals surface area contributed by atoms with Crippen LogP contribution in [0.4, 0.5) is 10.1 Å². The molecule has 1 aliphatic heterocycles. The third-order valence-corrected chi connectivity index (χ3v) is 3.70. The van der Waals surface area contributed by atoms with Gasteiger partial charge in [0.25, 0.3) is 0 Å². The number of azide groups is 1. The second-order valence-corrected chi connectivity index (χ2v) is 5.25. The van der Waals surface area contributed by atoms with Gasteiger partial charge in [0.2, 0.25) is 5.91 Å². The molecule has 1 aromatic rings. The van der Waals surface area contributed by atoms with E-state index in [9.17, 15) is 9.18 Å². The van der Waals surface area contributed by atoms with Crippen molar-refractivity contribution in [2.75, 3.05) is 18.0 Å². The number of anilines is 1. The highest BCUT2D eigenvalue weighted by Gasteiger charge is 2.30. The van der Waals surface area contributed by atoms with Crippen LogP contribution in [0.5, 0.6) is 0 Å². The summed E-state index contributed by atoms with van der Waals surface area (Å²) in [5.41, 5.74) is 8.81. The number of hydrogen-bond donors (Lipinski definition) is 0. The van der Waals surface area contributed by atoms with Gasteiger partial charge in [0.05, 0.1) is 0 Å². The van der Waals surface area contributed by atoms with E-state index in [4.69, 9.17) is 5.53 Å². The Balaban J connectivity index is 2.16. The predicted octanol–water partition coefficient (Wildman–Crippen LogP) is 3.09. The molecule has 18 heavy (non-hydrogen) atoms. The zero-order valence-corrected chi connectivity index (χ0v) is 11.5. The number of benzene rings is 1. The average molecular weight is 360 g/mol. The number of rotatable bonds is 3. The van der Waals surface area contributed by atoms with Crippen molar-refractivity contribution in [1.29, 1.82) is 0 Å². The van der Waals surface area contributed by atoms with Crippen LogP contribution in [-0.4, -0.2) is 19.0 Å². The fraction of sp³-hybridized carbons (Fsp3) is 0.364. The Morgan fingerprint density at radius 3 is 3.06 bits per heavy atom. The summed E-state index contributed by atoms with van der Waals surface area (Å²) in [4.78, 5) is 16.0. The molecule has 0 saturated carbocycles. The van der Waals surface area contributed by atoms with Crippen molar-refractivity contribution in [1.82, 2.24) is 0 Å². The Labute approximate surface area is 117 Å². The van der Waals surface area contributed by atoms with E-state index in [2.05, 4.69) is 10.0 Å². The second-order valence-electron chi connectivity index (χ2n) is 4.09. The molecule has 1 heterocycles. The smallest absolute Gasteiger partial charge is 0.227 e. The van der Waals surface area contributed by atoms with E-state index < -0.39 is 0 Å². The predicted molar refractivity (Wildman–Crippen MR) is 73.6 cm³/mol. The SMILES string of the molecule is [N-]=[N+]=NCC1CC(=O)N(c2ccc(I)c(F)c2)C1. The molecular formula is C11H10FIN4O. The monoisotopic (exact) mass is 360 g/mol. The van der Waals surface area contributed by atoms with Gasteiger partial charge >= 0.3 is 0 Å². The third-order valence-electron chi connectivity index (χ3n) is 2.82. The highest BCUT2D eigenvalue weighted by Crippen LogP contribution is 2.27. The van der Waals surface area contributed by atoms with Gasteiger partial charge in [-0.15, -0.1) is 0 Å². The van der Waals surface area contributed by atoms with Gasteiger partial charge in [-0.3, -0.25) is 4.79 Å². The van der Waals surface area contributed by atoms with Crippen LogP contribution in [-0.2, 0) is 4.79 Å². The zero-order chi connectivity index (χ0) is 13.1. The first kappa shape index (κ1) is 13.1. The molecule has 0 aromatic heterocycles. The highest BCUT2D eigenvalue weighted by atomic mass is 127. The summed E-state index contributed by atoms with van der Waals surface area (Å²) >= 11 is 1.90. The Hall–Kier alpha value is -1.34. The number of carbonyl (C=O) groups excluding carboxylic acids is 1. The van der Waals surface area contributed by atoms with Gasteiger partial charge in [0, 0.05) is 33.7 Å². The summed E-state index contributed by atoms with van der Waals surface area (Å²) < 4.78 is 14.0. The standard InChI is InChI=1S/C11H10FIN4O/c12-9-4-8(1-2-10(9)13)17-6-7(3-11(17)18)5-15-16-14/h1-2,4,7H,3,5-6H2. The van der Waals surface area contributed by atoms with Crippen LogP contribution < -0.4 is 4.90 Å². The van der Waals surface area contributed by atoms with Crippen molar-refractivity contribution in [3.05, 3.63) is 38.0 Å². The molecule has 1 saturated heterocycles. The maximum Gasteiger partial charge on any atom is 0.227 e. The molecule has 0 radical (unpaired) electrons. The van der Waals surface area contributed by atoms with Crippen LogP contribution in [0.15, 0.2) is 23.3 Å². The number of hydrogen-bond acceptors (Lipinski definition) is 2. The van der Waals surface area contributed by atoms with Crippen LogP contribution in [0, 0.1) is 15.3 Å². The molecule has 1 fully saturated rings. The lowest BCUT2D eigenvalue weighted by Crippen LogP contribution is -2.24. The number of carbonyl (C=O) groups is 1. The number of amides is 1. The number of nitrogens with zero attached hydrogens (tertiary/aromatic N) is 4. The fourth-order valence-electron chi connectivity index (χ4n) is 1.96. The lowest BCUT2D eigenvalue weighted by atomic mass is 10.1. The van der Waals surface area contributed by atoms with E-state index in [-0.39, 0.29) is 17.6 Å². The summed E-state index contributed by atoms with van der Waals surface area (Å²) in [5.74, 6) is -0.385. The van der Waals surface area contributed by atoms with Crippen LogP contribution in [0.25, 0.3) is 10.4 Å². The van der Waals surface area contributed by atoms with E-state index in [0.717, 1.165) is 0 Å². The summed E-state index contributed by atoms with van der Waals surface area (Å²) in [6, 6.07) is 4.72. The largest absolute Gasteiger partial charge is 0.312 e. The quantitative estimate of drug-likeness (QED) is 0.354. The minimum absolute atomic E-state index is 0.00994. The Morgan fingerprint density at radius 1 is 1.61 bits per heavy atom. The van der Waals surface area contributed by atoms with Gasteiger partial charge in [0.15, 0.2) is 0 Å². The number of halogens is 2. The third kappa shape index (κ3) is 2.73.